The number of nitrogens with zero attached hydrogens (tertiary/aromatic N) is 2. The molecule has 8 nitrogen and oxygen atoms in total. The van der Waals surface area contributed by atoms with Crippen molar-refractivity contribution in [2.75, 3.05) is 0 Å². The fourth-order valence-corrected chi connectivity index (χ4v) is 6.53. The predicted octanol–water partition coefficient (Wildman–Crippen LogP) is 6.71. The molecule has 216 valence electrons. The van der Waals surface area contributed by atoms with Crippen molar-refractivity contribution in [2.24, 2.45) is 9.98 Å². The second kappa shape index (κ2) is 10.5. The van der Waals surface area contributed by atoms with Crippen LogP contribution in [0.3, 0.4) is 0 Å². The Morgan fingerprint density at radius 3 is 1.73 bits per heavy atom. The number of aromatic nitrogens is 2. The average molecular weight is 662 g/mol. The summed E-state index contributed by atoms with van der Waals surface area (Å²) in [5.41, 5.74) is 3.37. The van der Waals surface area contributed by atoms with Gasteiger partial charge in [0.1, 0.15) is 0 Å². The van der Waals surface area contributed by atoms with Gasteiger partial charge in [0, 0.05) is 32.6 Å². The van der Waals surface area contributed by atoms with Crippen molar-refractivity contribution in [3.05, 3.63) is 126 Å². The Bertz CT molecular complexity index is 2410. The average Bonchev–Trinajstić information content (AvgIpc) is 3.73. The molecule has 12 heteroatoms. The van der Waals surface area contributed by atoms with Gasteiger partial charge in [-0.3, -0.25) is 9.59 Å². The number of hydrogen-bond acceptors (Lipinski definition) is 4. The van der Waals surface area contributed by atoms with E-state index in [-0.39, 0.29) is 54.6 Å². The summed E-state index contributed by atoms with van der Waals surface area (Å²) in [5, 5.41) is 23.5. The van der Waals surface area contributed by atoms with Crippen molar-refractivity contribution in [2.45, 2.75) is 0 Å². The quantitative estimate of drug-likeness (QED) is 0.121. The molecule has 4 aromatic carbocycles. The number of carbonyl (C=O) groups is 2. The van der Waals surface area contributed by atoms with Crippen LogP contribution in [0.5, 0.6) is 11.8 Å². The number of para-hydroxylation sites is 3. The lowest BCUT2D eigenvalue weighted by Gasteiger charge is -2.10. The third-order valence-electron chi connectivity index (χ3n) is 7.40. The van der Waals surface area contributed by atoms with Gasteiger partial charge in [-0.1, -0.05) is 101 Å². The molecule has 2 amide bonds. The van der Waals surface area contributed by atoms with E-state index in [1.54, 1.807) is 24.3 Å². The molecular weight excluding hydrogens is 646 g/mol. The van der Waals surface area contributed by atoms with Crippen molar-refractivity contribution >= 4 is 91.3 Å². The molecule has 4 heterocycles. The number of nitrogens with one attached hydrogen (secondary N) is 2. The number of carbonyl (C=O) groups excluding carboxylic acids is 2. The Morgan fingerprint density at radius 2 is 1.07 bits per heavy atom. The third kappa shape index (κ3) is 4.22. The highest BCUT2D eigenvalue weighted by molar-refractivity contribution is 6.55. The molecule has 0 fully saturated rings. The molecule has 0 radical (unpaired) electrons. The van der Waals surface area contributed by atoms with E-state index < -0.39 is 5.91 Å². The Hall–Kier alpha value is -4.60. The molecular formula is C32H16Cl4N4O4. The van der Waals surface area contributed by atoms with E-state index >= 15 is 0 Å². The highest BCUT2D eigenvalue weighted by Gasteiger charge is 2.35. The van der Waals surface area contributed by atoms with Crippen LogP contribution in [0.15, 0.2) is 82.8 Å². The van der Waals surface area contributed by atoms with Crippen molar-refractivity contribution in [1.29, 1.82) is 0 Å². The van der Waals surface area contributed by atoms with E-state index in [0.717, 1.165) is 16.1 Å². The highest BCUT2D eigenvalue weighted by atomic mass is 35.5. The lowest BCUT2D eigenvalue weighted by Crippen LogP contribution is -2.22. The van der Waals surface area contributed by atoms with Crippen molar-refractivity contribution in [1.82, 2.24) is 9.97 Å². The summed E-state index contributed by atoms with van der Waals surface area (Å²) in [6, 6.07) is 22.0. The molecule has 4 N–H and O–H groups in total. The van der Waals surface area contributed by atoms with Crippen LogP contribution in [0.25, 0.3) is 27.4 Å². The number of hydrogen-bond donors (Lipinski definition) is 4. The zero-order chi connectivity index (χ0) is 30.9. The van der Waals surface area contributed by atoms with Gasteiger partial charge in [-0.25, -0.2) is 9.98 Å². The molecule has 0 aliphatic carbocycles. The van der Waals surface area contributed by atoms with Gasteiger partial charge in [0.05, 0.1) is 53.4 Å². The van der Waals surface area contributed by atoms with E-state index in [2.05, 4.69) is 20.0 Å². The first-order valence-corrected chi connectivity index (χ1v) is 14.5. The number of halogens is 4. The molecule has 44 heavy (non-hydrogen) atoms. The van der Waals surface area contributed by atoms with Crippen LogP contribution < -0.4 is 10.6 Å². The van der Waals surface area contributed by atoms with Gasteiger partial charge in [0.25, 0.3) is 11.8 Å². The van der Waals surface area contributed by atoms with E-state index in [9.17, 15) is 19.8 Å². The number of H-pyrrole nitrogens is 2. The molecule has 0 spiro atoms. The molecule has 0 saturated heterocycles. The molecule has 2 aliphatic heterocycles. The summed E-state index contributed by atoms with van der Waals surface area (Å²) < 4.78 is 0. The van der Waals surface area contributed by atoms with Crippen LogP contribution in [0.2, 0.25) is 20.1 Å². The lowest BCUT2D eigenvalue weighted by atomic mass is 9.99. The van der Waals surface area contributed by atoms with Crippen LogP contribution in [0.1, 0.15) is 27.0 Å². The Morgan fingerprint density at radius 1 is 0.545 bits per heavy atom. The minimum absolute atomic E-state index is 0.00135. The normalized spacial score (nSPS) is 13.5. The molecule has 2 aliphatic rings. The molecule has 0 saturated carbocycles. The monoisotopic (exact) mass is 660 g/mol. The topological polar surface area (TPSA) is 131 Å². The van der Waals surface area contributed by atoms with Gasteiger partial charge < -0.3 is 20.2 Å². The van der Waals surface area contributed by atoms with Crippen molar-refractivity contribution in [3.8, 4) is 11.8 Å². The minimum atomic E-state index is -0.588. The smallest absolute Gasteiger partial charge is 0.279 e. The van der Waals surface area contributed by atoms with Crippen LogP contribution in [0, 0.1) is 0 Å². The highest BCUT2D eigenvalue weighted by Crippen LogP contribution is 2.46. The lowest BCUT2D eigenvalue weighted by molar-refractivity contribution is -0.112. The minimum Gasteiger partial charge on any atom is -0.494 e. The van der Waals surface area contributed by atoms with Gasteiger partial charge in [0.15, 0.2) is 11.8 Å². The Balaban J connectivity index is 0.000000144. The first-order valence-electron chi connectivity index (χ1n) is 13.0. The third-order valence-corrected chi connectivity index (χ3v) is 9.20. The van der Waals surface area contributed by atoms with Gasteiger partial charge in [-0.05, 0) is 18.2 Å². The van der Waals surface area contributed by atoms with E-state index in [1.165, 1.54) is 0 Å². The zero-order valence-electron chi connectivity index (χ0n) is 22.0. The summed E-state index contributed by atoms with van der Waals surface area (Å²) in [7, 11) is 0. The fourth-order valence-electron chi connectivity index (χ4n) is 5.50. The first-order chi connectivity index (χ1) is 21.2. The maximum absolute atomic E-state index is 12.3. The maximum atomic E-state index is 12.3. The number of benzene rings is 4. The number of amides is 2. The summed E-state index contributed by atoms with van der Waals surface area (Å²) in [6.45, 7) is 0. The van der Waals surface area contributed by atoms with E-state index in [1.807, 2.05) is 48.5 Å². The zero-order valence-corrected chi connectivity index (χ0v) is 25.1. The molecule has 8 rings (SSSR count). The Labute approximate surface area is 267 Å². The second-order valence-electron chi connectivity index (χ2n) is 9.87. The summed E-state index contributed by atoms with van der Waals surface area (Å²) >= 11 is 24.6. The van der Waals surface area contributed by atoms with Crippen molar-refractivity contribution in [3.63, 3.8) is 0 Å². The first kappa shape index (κ1) is 28.2. The second-order valence-corrected chi connectivity index (χ2v) is 11.4. The number of aromatic amines is 2. The van der Waals surface area contributed by atoms with Crippen LogP contribution >= 0.6 is 46.4 Å². The standard InChI is InChI=1S/C16H6Cl4N2O2.C16H10N2O2/c17-10-8-9(11(18)13(20)12(10)19)16(24)22-14(8)7-5-3-1-2-4-6(5)21-15(7)23;19-15-13(9-5-1-3-7-11(9)17-15)14-10-6-2-4-8-12(10)18-16(14)20/h1-4,21,23H;1-8,17,19H. The fraction of sp³-hybridized carbons (Fsp3) is 0. The molecule has 6 aromatic rings. The largest absolute Gasteiger partial charge is 0.494 e. The number of aromatic hydroxyl groups is 2. The van der Waals surface area contributed by atoms with E-state index in [0.29, 0.717) is 33.0 Å². The summed E-state index contributed by atoms with van der Waals surface area (Å²) in [4.78, 5) is 38.3. The van der Waals surface area contributed by atoms with Crippen LogP contribution in [0.4, 0.5) is 0 Å². The van der Waals surface area contributed by atoms with Crippen molar-refractivity contribution < 1.29 is 19.8 Å². The van der Waals surface area contributed by atoms with Gasteiger partial charge in [0.2, 0.25) is 0 Å². The van der Waals surface area contributed by atoms with Crippen LogP contribution in [-0.2, 0) is 4.79 Å². The predicted molar refractivity (Wildman–Crippen MR) is 171 cm³/mol. The van der Waals surface area contributed by atoms with Gasteiger partial charge >= 0.3 is 0 Å². The number of aliphatic imine (C=N–C) groups is 1. The molecule has 2 aromatic heterocycles. The van der Waals surface area contributed by atoms with Gasteiger partial charge in [-0.15, -0.1) is 0 Å². The SMILES string of the molecule is O=C1N=C(c2c(O)[nH]c3ccccc23)c2c(Cl)c(Cl)c(Cl)c(Cl)c21.O=C1N=c2ccccc2=C1c1c(O)[nH]c2ccccc12. The number of fused-ring (bicyclic) bond motifs is 4. The van der Waals surface area contributed by atoms with Crippen LogP contribution in [-0.4, -0.2) is 37.7 Å². The molecule has 0 atom stereocenters. The maximum Gasteiger partial charge on any atom is 0.279 e. The van der Waals surface area contributed by atoms with E-state index in [4.69, 9.17) is 46.4 Å². The Kier molecular flexibility index (Phi) is 6.75. The molecule has 0 bridgehead atoms. The summed E-state index contributed by atoms with van der Waals surface area (Å²) in [5.74, 6) is -1.03. The summed E-state index contributed by atoms with van der Waals surface area (Å²) in [6.07, 6.45) is 0. The molecule has 0 unspecified atom stereocenters. The number of rotatable bonds is 2. The van der Waals surface area contributed by atoms with Gasteiger partial charge in [-0.2, -0.15) is 0 Å².